The highest BCUT2D eigenvalue weighted by atomic mass is 16.5. The Labute approximate surface area is 86.2 Å². The minimum absolute atomic E-state index is 0.0479. The van der Waals surface area contributed by atoms with Crippen LogP contribution in [0.25, 0.3) is 0 Å². The number of aromatic nitrogens is 2. The quantitative estimate of drug-likeness (QED) is 0.733. The summed E-state index contributed by atoms with van der Waals surface area (Å²) in [5, 5.41) is 12.6. The van der Waals surface area contributed by atoms with Gasteiger partial charge in [-0.05, 0) is 24.9 Å². The van der Waals surface area contributed by atoms with E-state index in [0.717, 1.165) is 0 Å². The first-order valence-electron chi connectivity index (χ1n) is 4.89. The Kier molecular flexibility index (Phi) is 2.68. The lowest BCUT2D eigenvalue weighted by atomic mass is 9.82. The van der Waals surface area contributed by atoms with Gasteiger partial charge in [0.1, 0.15) is 0 Å². The maximum Gasteiger partial charge on any atom is 0.379 e. The van der Waals surface area contributed by atoms with Crippen molar-refractivity contribution in [2.24, 2.45) is 0 Å². The molecule has 0 aromatic carbocycles. The van der Waals surface area contributed by atoms with Crippen LogP contribution in [-0.2, 0) is 4.74 Å². The van der Waals surface area contributed by atoms with Crippen molar-refractivity contribution in [1.29, 1.82) is 0 Å². The van der Waals surface area contributed by atoms with Gasteiger partial charge in [-0.3, -0.25) is 0 Å². The van der Waals surface area contributed by atoms with Crippen LogP contribution < -0.4 is 0 Å². The van der Waals surface area contributed by atoms with E-state index in [4.69, 9.17) is 14.4 Å². The van der Waals surface area contributed by atoms with Gasteiger partial charge in [0, 0.05) is 5.92 Å². The van der Waals surface area contributed by atoms with E-state index in [2.05, 4.69) is 10.1 Å². The molecule has 0 bridgehead atoms. The second-order valence-corrected chi connectivity index (χ2v) is 3.50. The molecule has 0 saturated heterocycles. The van der Waals surface area contributed by atoms with Gasteiger partial charge in [-0.1, -0.05) is 0 Å². The van der Waals surface area contributed by atoms with Gasteiger partial charge in [0.15, 0.2) is 0 Å². The number of carbonyl (C=O) groups is 1. The molecule has 6 heteroatoms. The molecule has 0 spiro atoms. The molecule has 6 nitrogen and oxygen atoms in total. The van der Waals surface area contributed by atoms with Crippen LogP contribution in [0, 0.1) is 0 Å². The molecule has 1 saturated carbocycles. The molecule has 1 aromatic rings. The van der Waals surface area contributed by atoms with Crippen LogP contribution in [-0.4, -0.2) is 33.9 Å². The summed E-state index contributed by atoms with van der Waals surface area (Å²) in [6, 6.07) is 0. The number of aliphatic hydroxyl groups excluding tert-OH is 1. The van der Waals surface area contributed by atoms with Gasteiger partial charge in [0.05, 0.1) is 12.7 Å². The Morgan fingerprint density at radius 2 is 2.40 bits per heavy atom. The molecule has 2 rings (SSSR count). The van der Waals surface area contributed by atoms with E-state index in [1.165, 1.54) is 0 Å². The van der Waals surface area contributed by atoms with Gasteiger partial charge >= 0.3 is 5.97 Å². The molecule has 15 heavy (non-hydrogen) atoms. The van der Waals surface area contributed by atoms with E-state index in [1.807, 2.05) is 0 Å². The third-order valence-electron chi connectivity index (χ3n) is 2.36. The number of nitrogens with zero attached hydrogens (tertiary/aromatic N) is 2. The SMILES string of the molecule is CCOC(=O)c1noc(C2CC(O)C2)n1. The number of ether oxygens (including phenoxy) is 1. The van der Waals surface area contributed by atoms with Crippen molar-refractivity contribution < 1.29 is 19.2 Å². The summed E-state index contributed by atoms with van der Waals surface area (Å²) in [5.74, 6) is -0.139. The summed E-state index contributed by atoms with van der Waals surface area (Å²) in [7, 11) is 0. The number of rotatable bonds is 3. The Morgan fingerprint density at radius 1 is 1.67 bits per heavy atom. The minimum Gasteiger partial charge on any atom is -0.460 e. The van der Waals surface area contributed by atoms with E-state index in [9.17, 15) is 4.79 Å². The number of carbonyl (C=O) groups excluding carboxylic acids is 1. The molecule has 0 aliphatic heterocycles. The van der Waals surface area contributed by atoms with Crippen LogP contribution in [0.1, 0.15) is 42.2 Å². The molecular formula is C9H12N2O4. The zero-order chi connectivity index (χ0) is 10.8. The Balaban J connectivity index is 2.01. The third-order valence-corrected chi connectivity index (χ3v) is 2.36. The summed E-state index contributed by atoms with van der Waals surface area (Å²) in [4.78, 5) is 15.1. The van der Waals surface area contributed by atoms with E-state index in [1.54, 1.807) is 6.92 Å². The molecule has 1 heterocycles. The lowest BCUT2D eigenvalue weighted by molar-refractivity contribution is 0.0508. The van der Waals surface area contributed by atoms with Crippen molar-refractivity contribution in [3.63, 3.8) is 0 Å². The van der Waals surface area contributed by atoms with Crippen LogP contribution in [0.15, 0.2) is 4.52 Å². The standard InChI is InChI=1S/C9H12N2O4/c1-2-14-9(13)7-10-8(15-11-7)5-3-6(12)4-5/h5-6,12H,2-4H2,1H3. The van der Waals surface area contributed by atoms with E-state index < -0.39 is 5.97 Å². The Bertz CT molecular complexity index is 357. The molecular weight excluding hydrogens is 200 g/mol. The average molecular weight is 212 g/mol. The fourth-order valence-corrected chi connectivity index (χ4v) is 1.47. The van der Waals surface area contributed by atoms with Gasteiger partial charge in [-0.2, -0.15) is 4.98 Å². The van der Waals surface area contributed by atoms with E-state index in [0.29, 0.717) is 18.7 Å². The monoisotopic (exact) mass is 212 g/mol. The summed E-state index contributed by atoms with van der Waals surface area (Å²) >= 11 is 0. The molecule has 1 aliphatic carbocycles. The Hall–Kier alpha value is -1.43. The molecule has 1 aliphatic rings. The van der Waals surface area contributed by atoms with Crippen molar-refractivity contribution in [1.82, 2.24) is 10.1 Å². The predicted molar refractivity (Wildman–Crippen MR) is 48.2 cm³/mol. The summed E-state index contributed by atoms with van der Waals surface area (Å²) in [5.41, 5.74) is 0. The second kappa shape index (κ2) is 3.98. The minimum atomic E-state index is -0.577. The molecule has 1 N–H and O–H groups in total. The molecule has 0 amide bonds. The highest BCUT2D eigenvalue weighted by Crippen LogP contribution is 2.35. The van der Waals surface area contributed by atoms with Gasteiger partial charge in [0.2, 0.25) is 5.89 Å². The number of esters is 1. The van der Waals surface area contributed by atoms with Gasteiger partial charge in [-0.25, -0.2) is 4.79 Å². The van der Waals surface area contributed by atoms with Crippen LogP contribution >= 0.6 is 0 Å². The zero-order valence-electron chi connectivity index (χ0n) is 8.34. The molecule has 0 radical (unpaired) electrons. The van der Waals surface area contributed by atoms with Crippen LogP contribution in [0.4, 0.5) is 0 Å². The van der Waals surface area contributed by atoms with Crippen LogP contribution in [0.2, 0.25) is 0 Å². The van der Waals surface area contributed by atoms with E-state index in [-0.39, 0.29) is 24.5 Å². The number of aliphatic hydroxyl groups is 1. The first kappa shape index (κ1) is 10.1. The molecule has 1 fully saturated rings. The van der Waals surface area contributed by atoms with Gasteiger partial charge in [-0.15, -0.1) is 0 Å². The molecule has 82 valence electrons. The van der Waals surface area contributed by atoms with Gasteiger partial charge in [0.25, 0.3) is 5.82 Å². The fraction of sp³-hybridized carbons (Fsp3) is 0.667. The average Bonchev–Trinajstić information content (AvgIpc) is 2.62. The smallest absolute Gasteiger partial charge is 0.379 e. The van der Waals surface area contributed by atoms with Crippen molar-refractivity contribution >= 4 is 5.97 Å². The first-order valence-corrected chi connectivity index (χ1v) is 4.89. The topological polar surface area (TPSA) is 85.5 Å². The van der Waals surface area contributed by atoms with Crippen molar-refractivity contribution in [3.05, 3.63) is 11.7 Å². The highest BCUT2D eigenvalue weighted by Gasteiger charge is 2.33. The number of hydrogen-bond donors (Lipinski definition) is 1. The van der Waals surface area contributed by atoms with Crippen molar-refractivity contribution in [2.45, 2.75) is 31.8 Å². The molecule has 1 aromatic heterocycles. The second-order valence-electron chi connectivity index (χ2n) is 3.50. The summed E-state index contributed by atoms with van der Waals surface area (Å²) in [6.45, 7) is 1.99. The van der Waals surface area contributed by atoms with Crippen molar-refractivity contribution in [3.8, 4) is 0 Å². The maximum absolute atomic E-state index is 11.2. The van der Waals surface area contributed by atoms with E-state index >= 15 is 0 Å². The summed E-state index contributed by atoms with van der Waals surface area (Å²) in [6.07, 6.45) is 0.947. The maximum atomic E-state index is 11.2. The lowest BCUT2D eigenvalue weighted by Gasteiger charge is -2.27. The van der Waals surface area contributed by atoms with Crippen LogP contribution in [0.3, 0.4) is 0 Å². The predicted octanol–water partition coefficient (Wildman–Crippen LogP) is 0.485. The lowest BCUT2D eigenvalue weighted by Crippen LogP contribution is -2.26. The first-order chi connectivity index (χ1) is 7.20. The summed E-state index contributed by atoms with van der Waals surface area (Å²) < 4.78 is 9.63. The zero-order valence-corrected chi connectivity index (χ0v) is 8.34. The number of hydrogen-bond acceptors (Lipinski definition) is 6. The normalized spacial score (nSPS) is 24.7. The third kappa shape index (κ3) is 1.99. The highest BCUT2D eigenvalue weighted by molar-refractivity contribution is 5.84. The largest absolute Gasteiger partial charge is 0.460 e. The van der Waals surface area contributed by atoms with Crippen molar-refractivity contribution in [2.75, 3.05) is 6.61 Å². The van der Waals surface area contributed by atoms with Crippen LogP contribution in [0.5, 0.6) is 0 Å². The van der Waals surface area contributed by atoms with Gasteiger partial charge < -0.3 is 14.4 Å². The molecule has 0 unspecified atom stereocenters. The molecule has 0 atom stereocenters. The Morgan fingerprint density at radius 3 is 3.00 bits per heavy atom. The fourth-order valence-electron chi connectivity index (χ4n) is 1.47.